The van der Waals surface area contributed by atoms with Crippen LogP contribution in [0.15, 0.2) is 10.7 Å². The molecule has 0 spiro atoms. The molecule has 3 nitrogen and oxygen atoms in total. The van der Waals surface area contributed by atoms with Crippen LogP contribution in [0, 0.1) is 5.41 Å². The smallest absolute Gasteiger partial charge is 0.108 e. The molecule has 1 atom stereocenters. The Kier molecular flexibility index (Phi) is 3.38. The summed E-state index contributed by atoms with van der Waals surface area (Å²) in [4.78, 5) is 0. The van der Waals surface area contributed by atoms with Crippen molar-refractivity contribution in [3.8, 4) is 0 Å². The molecule has 1 aromatic heterocycles. The van der Waals surface area contributed by atoms with E-state index >= 15 is 0 Å². The van der Waals surface area contributed by atoms with Crippen LogP contribution in [0.1, 0.15) is 52.1 Å². The predicted octanol–water partition coefficient (Wildman–Crippen LogP) is 3.45. The Labute approximate surface area is 111 Å². The maximum Gasteiger partial charge on any atom is 0.108 e. The second-order valence-corrected chi connectivity index (χ2v) is 6.79. The largest absolute Gasteiger partial charge is 0.384 e. The third-order valence-electron chi connectivity index (χ3n) is 3.66. The van der Waals surface area contributed by atoms with E-state index in [-0.39, 0.29) is 5.41 Å². The van der Waals surface area contributed by atoms with E-state index in [0.717, 1.165) is 42.4 Å². The number of aryl methyl sites for hydroxylation is 1. The van der Waals surface area contributed by atoms with Gasteiger partial charge in [-0.05, 0) is 47.0 Å². The number of hydrogen-bond acceptors (Lipinski definition) is 2. The van der Waals surface area contributed by atoms with Crippen molar-refractivity contribution in [3.05, 3.63) is 16.4 Å². The molecule has 0 aromatic carbocycles. The molecule has 1 aromatic rings. The van der Waals surface area contributed by atoms with Crippen LogP contribution in [0.2, 0.25) is 0 Å². The normalized spacial score (nSPS) is 27.6. The Bertz CT molecular complexity index is 414. The number of halogens is 1. The summed E-state index contributed by atoms with van der Waals surface area (Å²) in [5.74, 6) is 0. The zero-order valence-electron chi connectivity index (χ0n) is 10.8. The lowest BCUT2D eigenvalue weighted by atomic mass is 9.88. The molecule has 96 valence electrons. The van der Waals surface area contributed by atoms with Gasteiger partial charge in [0.15, 0.2) is 0 Å². The van der Waals surface area contributed by atoms with Crippen molar-refractivity contribution >= 4 is 15.9 Å². The quantitative estimate of drug-likeness (QED) is 0.928. The lowest BCUT2D eigenvalue weighted by Crippen LogP contribution is -2.28. The standard InChI is InChI=1S/C13H21BrN2O/c1-4-7-16-11(10(14)8-15-16)13(17)6-5-12(2,3)9-13/h8,17H,4-7,9H2,1-3H3. The molecule has 0 saturated heterocycles. The third-order valence-corrected chi connectivity index (χ3v) is 4.24. The van der Waals surface area contributed by atoms with Gasteiger partial charge in [-0.25, -0.2) is 0 Å². The van der Waals surface area contributed by atoms with Crippen LogP contribution in [-0.2, 0) is 12.1 Å². The minimum absolute atomic E-state index is 0.218. The van der Waals surface area contributed by atoms with Gasteiger partial charge in [-0.2, -0.15) is 5.10 Å². The van der Waals surface area contributed by atoms with Crippen LogP contribution in [0.3, 0.4) is 0 Å². The van der Waals surface area contributed by atoms with Gasteiger partial charge in [0.1, 0.15) is 5.60 Å². The second kappa shape index (κ2) is 4.39. The molecular weight excluding hydrogens is 280 g/mol. The van der Waals surface area contributed by atoms with Gasteiger partial charge in [0.2, 0.25) is 0 Å². The summed E-state index contributed by atoms with van der Waals surface area (Å²) in [7, 11) is 0. The average molecular weight is 301 g/mol. The summed E-state index contributed by atoms with van der Waals surface area (Å²) in [6, 6.07) is 0. The molecule has 1 N–H and O–H groups in total. The second-order valence-electron chi connectivity index (χ2n) is 5.94. The third kappa shape index (κ3) is 2.43. The highest BCUT2D eigenvalue weighted by atomic mass is 79.9. The van der Waals surface area contributed by atoms with Crippen molar-refractivity contribution < 1.29 is 5.11 Å². The Hall–Kier alpha value is -0.350. The van der Waals surface area contributed by atoms with E-state index in [2.05, 4.69) is 41.8 Å². The zero-order chi connectivity index (χ0) is 12.7. The summed E-state index contributed by atoms with van der Waals surface area (Å²) in [5, 5.41) is 15.2. The molecule has 0 bridgehead atoms. The SMILES string of the molecule is CCCn1ncc(Br)c1C1(O)CCC(C)(C)C1. The first-order valence-corrected chi connectivity index (χ1v) is 7.11. The van der Waals surface area contributed by atoms with Gasteiger partial charge in [0.25, 0.3) is 0 Å². The minimum atomic E-state index is -0.714. The number of aliphatic hydroxyl groups is 1. The van der Waals surface area contributed by atoms with Crippen LogP contribution in [0.25, 0.3) is 0 Å². The molecule has 1 saturated carbocycles. The van der Waals surface area contributed by atoms with Crippen LogP contribution in [-0.4, -0.2) is 14.9 Å². The van der Waals surface area contributed by atoms with E-state index in [9.17, 15) is 5.11 Å². The Morgan fingerprint density at radius 3 is 2.71 bits per heavy atom. The lowest BCUT2D eigenvalue weighted by molar-refractivity contribution is 0.0240. The highest BCUT2D eigenvalue weighted by molar-refractivity contribution is 9.10. The fourth-order valence-corrected chi connectivity index (χ4v) is 3.59. The van der Waals surface area contributed by atoms with E-state index in [4.69, 9.17) is 0 Å². The van der Waals surface area contributed by atoms with E-state index in [0.29, 0.717) is 0 Å². The number of nitrogens with zero attached hydrogens (tertiary/aromatic N) is 2. The van der Waals surface area contributed by atoms with Crippen molar-refractivity contribution in [1.82, 2.24) is 9.78 Å². The number of rotatable bonds is 3. The van der Waals surface area contributed by atoms with Crippen LogP contribution < -0.4 is 0 Å². The van der Waals surface area contributed by atoms with Crippen LogP contribution >= 0.6 is 15.9 Å². The van der Waals surface area contributed by atoms with E-state index < -0.39 is 5.60 Å². The first-order valence-electron chi connectivity index (χ1n) is 6.32. The highest BCUT2D eigenvalue weighted by Crippen LogP contribution is 2.50. The molecule has 0 radical (unpaired) electrons. The van der Waals surface area contributed by atoms with E-state index in [1.165, 1.54) is 0 Å². The van der Waals surface area contributed by atoms with Gasteiger partial charge < -0.3 is 5.11 Å². The molecule has 1 fully saturated rings. The highest BCUT2D eigenvalue weighted by Gasteiger charge is 2.45. The molecule has 0 aliphatic heterocycles. The number of aromatic nitrogens is 2. The van der Waals surface area contributed by atoms with Crippen LogP contribution in [0.4, 0.5) is 0 Å². The maximum atomic E-state index is 10.9. The van der Waals surface area contributed by atoms with Gasteiger partial charge in [0, 0.05) is 6.54 Å². The molecule has 0 amide bonds. The summed E-state index contributed by atoms with van der Waals surface area (Å²) < 4.78 is 2.89. The molecule has 1 aliphatic carbocycles. The first-order chi connectivity index (χ1) is 7.88. The summed E-state index contributed by atoms with van der Waals surface area (Å²) >= 11 is 3.53. The van der Waals surface area contributed by atoms with Crippen molar-refractivity contribution in [1.29, 1.82) is 0 Å². The average Bonchev–Trinajstić information content (AvgIpc) is 2.70. The fraction of sp³-hybridized carbons (Fsp3) is 0.769. The molecule has 1 aliphatic rings. The lowest BCUT2D eigenvalue weighted by Gasteiger charge is -2.26. The van der Waals surface area contributed by atoms with Crippen molar-refractivity contribution in [3.63, 3.8) is 0 Å². The van der Waals surface area contributed by atoms with E-state index in [1.54, 1.807) is 6.20 Å². The summed E-state index contributed by atoms with van der Waals surface area (Å²) in [6.07, 6.45) is 5.53. The zero-order valence-corrected chi connectivity index (χ0v) is 12.4. The fourth-order valence-electron chi connectivity index (χ4n) is 2.92. The van der Waals surface area contributed by atoms with Crippen LogP contribution in [0.5, 0.6) is 0 Å². The van der Waals surface area contributed by atoms with Gasteiger partial charge in [-0.1, -0.05) is 20.8 Å². The van der Waals surface area contributed by atoms with Crippen molar-refractivity contribution in [2.75, 3.05) is 0 Å². The molecule has 1 unspecified atom stereocenters. The van der Waals surface area contributed by atoms with Crippen molar-refractivity contribution in [2.45, 2.75) is 58.6 Å². The molecule has 1 heterocycles. The maximum absolute atomic E-state index is 10.9. The van der Waals surface area contributed by atoms with E-state index in [1.807, 2.05) is 4.68 Å². The minimum Gasteiger partial charge on any atom is -0.384 e. The van der Waals surface area contributed by atoms with Gasteiger partial charge >= 0.3 is 0 Å². The Morgan fingerprint density at radius 1 is 1.47 bits per heavy atom. The van der Waals surface area contributed by atoms with Gasteiger partial charge in [-0.3, -0.25) is 4.68 Å². The Morgan fingerprint density at radius 2 is 2.18 bits per heavy atom. The molecule has 17 heavy (non-hydrogen) atoms. The van der Waals surface area contributed by atoms with Crippen molar-refractivity contribution in [2.24, 2.45) is 5.41 Å². The topological polar surface area (TPSA) is 38.0 Å². The van der Waals surface area contributed by atoms with Gasteiger partial charge in [0.05, 0.1) is 16.4 Å². The monoisotopic (exact) mass is 300 g/mol. The predicted molar refractivity (Wildman–Crippen MR) is 71.7 cm³/mol. The van der Waals surface area contributed by atoms with Gasteiger partial charge in [-0.15, -0.1) is 0 Å². The molecular formula is C13H21BrN2O. The number of hydrogen-bond donors (Lipinski definition) is 1. The molecule has 2 rings (SSSR count). The molecule has 4 heteroatoms. The summed E-state index contributed by atoms with van der Waals surface area (Å²) in [5.41, 5.74) is 0.466. The first kappa shape index (κ1) is 13.1. The Balaban J connectivity index is 2.36. The summed E-state index contributed by atoms with van der Waals surface area (Å²) in [6.45, 7) is 7.43.